The van der Waals surface area contributed by atoms with E-state index in [1.54, 1.807) is 32.1 Å². The summed E-state index contributed by atoms with van der Waals surface area (Å²) in [6, 6.07) is 0.209. The largest absolute Gasteiger partial charge is 0.219 e. The van der Waals surface area contributed by atoms with Crippen molar-refractivity contribution in [2.45, 2.75) is 64.2 Å². The van der Waals surface area contributed by atoms with E-state index < -0.39 is 14.8 Å². The van der Waals surface area contributed by atoms with Crippen LogP contribution in [0.1, 0.15) is 53.4 Å². The SMILES string of the molecule is CN([C@H]1CC[C@@H](C)CC1)S(=O)(=O)C(C)(C)C. The molecule has 0 heterocycles. The van der Waals surface area contributed by atoms with Crippen molar-refractivity contribution < 1.29 is 8.42 Å². The second-order valence-electron chi connectivity index (χ2n) is 6.05. The molecule has 1 aliphatic rings. The molecule has 3 nitrogen and oxygen atoms in total. The van der Waals surface area contributed by atoms with Crippen molar-refractivity contribution in [1.82, 2.24) is 4.31 Å². The Morgan fingerprint density at radius 1 is 1.06 bits per heavy atom. The number of hydrogen-bond donors (Lipinski definition) is 0. The molecule has 0 radical (unpaired) electrons. The highest BCUT2D eigenvalue weighted by Gasteiger charge is 2.37. The van der Waals surface area contributed by atoms with Gasteiger partial charge in [-0.15, -0.1) is 0 Å². The lowest BCUT2D eigenvalue weighted by atomic mass is 9.87. The number of nitrogens with zero attached hydrogens (tertiary/aromatic N) is 1. The van der Waals surface area contributed by atoms with Gasteiger partial charge < -0.3 is 0 Å². The molecule has 4 heteroatoms. The van der Waals surface area contributed by atoms with Crippen LogP contribution in [0.2, 0.25) is 0 Å². The summed E-state index contributed by atoms with van der Waals surface area (Å²) >= 11 is 0. The predicted molar refractivity (Wildman–Crippen MR) is 67.9 cm³/mol. The molecule has 0 saturated heterocycles. The van der Waals surface area contributed by atoms with E-state index in [1.807, 2.05) is 0 Å². The van der Waals surface area contributed by atoms with Gasteiger partial charge in [0.2, 0.25) is 10.0 Å². The molecular weight excluding hydrogens is 222 g/mol. The van der Waals surface area contributed by atoms with Gasteiger partial charge in [0.05, 0.1) is 4.75 Å². The summed E-state index contributed by atoms with van der Waals surface area (Å²) in [6.07, 6.45) is 4.31. The first-order valence-corrected chi connectivity index (χ1v) is 7.58. The Kier molecular flexibility index (Phi) is 4.06. The Morgan fingerprint density at radius 3 is 1.88 bits per heavy atom. The predicted octanol–water partition coefficient (Wildman–Crippen LogP) is 2.63. The zero-order chi connectivity index (χ0) is 12.6. The van der Waals surface area contributed by atoms with Gasteiger partial charge in [-0.05, 0) is 52.4 Å². The fraction of sp³-hybridized carbons (Fsp3) is 1.00. The minimum atomic E-state index is -3.16. The molecule has 1 fully saturated rings. The molecule has 16 heavy (non-hydrogen) atoms. The van der Waals surface area contributed by atoms with Crippen molar-refractivity contribution in [3.63, 3.8) is 0 Å². The zero-order valence-corrected chi connectivity index (χ0v) is 12.0. The quantitative estimate of drug-likeness (QED) is 0.752. The fourth-order valence-electron chi connectivity index (χ4n) is 2.23. The van der Waals surface area contributed by atoms with Crippen LogP contribution in [0.5, 0.6) is 0 Å². The van der Waals surface area contributed by atoms with Gasteiger partial charge in [-0.25, -0.2) is 12.7 Å². The Balaban J connectivity index is 2.75. The molecule has 0 atom stereocenters. The van der Waals surface area contributed by atoms with Gasteiger partial charge in [0.1, 0.15) is 0 Å². The third-order valence-electron chi connectivity index (χ3n) is 3.65. The van der Waals surface area contributed by atoms with Crippen LogP contribution in [-0.2, 0) is 10.0 Å². The van der Waals surface area contributed by atoms with Gasteiger partial charge in [0.25, 0.3) is 0 Å². The molecule has 0 unspecified atom stereocenters. The van der Waals surface area contributed by atoms with Crippen molar-refractivity contribution in [3.8, 4) is 0 Å². The molecule has 96 valence electrons. The van der Waals surface area contributed by atoms with Gasteiger partial charge in [0.15, 0.2) is 0 Å². The summed E-state index contributed by atoms with van der Waals surface area (Å²) < 4.78 is 25.4. The van der Waals surface area contributed by atoms with E-state index in [0.29, 0.717) is 0 Å². The monoisotopic (exact) mass is 247 g/mol. The summed E-state index contributed by atoms with van der Waals surface area (Å²) in [4.78, 5) is 0. The molecule has 0 bridgehead atoms. The van der Waals surface area contributed by atoms with E-state index in [4.69, 9.17) is 0 Å². The maximum absolute atomic E-state index is 12.3. The summed E-state index contributed by atoms with van der Waals surface area (Å²) in [5.74, 6) is 0.752. The minimum Gasteiger partial charge on any atom is -0.212 e. The molecule has 1 saturated carbocycles. The number of hydrogen-bond acceptors (Lipinski definition) is 2. The van der Waals surface area contributed by atoms with Crippen LogP contribution < -0.4 is 0 Å². The highest BCUT2D eigenvalue weighted by molar-refractivity contribution is 7.90. The Bertz CT molecular complexity index is 321. The normalized spacial score (nSPS) is 28.4. The Morgan fingerprint density at radius 2 is 1.50 bits per heavy atom. The van der Waals surface area contributed by atoms with Crippen LogP contribution in [-0.4, -0.2) is 30.6 Å². The second kappa shape index (κ2) is 4.65. The summed E-state index contributed by atoms with van der Waals surface area (Å²) in [5, 5.41) is 0. The van der Waals surface area contributed by atoms with Gasteiger partial charge >= 0.3 is 0 Å². The first-order valence-electron chi connectivity index (χ1n) is 6.14. The van der Waals surface area contributed by atoms with E-state index in [0.717, 1.165) is 31.6 Å². The van der Waals surface area contributed by atoms with Crippen LogP contribution in [0.25, 0.3) is 0 Å². The van der Waals surface area contributed by atoms with E-state index >= 15 is 0 Å². The maximum Gasteiger partial charge on any atom is 0.219 e. The summed E-state index contributed by atoms with van der Waals surface area (Å²) in [5.41, 5.74) is 0. The molecule has 0 amide bonds. The Hall–Kier alpha value is -0.0900. The van der Waals surface area contributed by atoms with E-state index in [-0.39, 0.29) is 6.04 Å². The third kappa shape index (κ3) is 2.77. The summed E-state index contributed by atoms with van der Waals surface area (Å²) in [6.45, 7) is 7.55. The molecular formula is C12H25NO2S. The molecule has 0 aromatic heterocycles. The molecule has 0 spiro atoms. The van der Waals surface area contributed by atoms with Gasteiger partial charge in [0, 0.05) is 13.1 Å². The number of sulfonamides is 1. The van der Waals surface area contributed by atoms with Crippen molar-refractivity contribution in [2.24, 2.45) is 5.92 Å². The van der Waals surface area contributed by atoms with Crippen molar-refractivity contribution in [3.05, 3.63) is 0 Å². The molecule has 0 aromatic rings. The average molecular weight is 247 g/mol. The maximum atomic E-state index is 12.3. The first kappa shape index (κ1) is 14.0. The van der Waals surface area contributed by atoms with Crippen molar-refractivity contribution in [2.75, 3.05) is 7.05 Å². The van der Waals surface area contributed by atoms with Gasteiger partial charge in [-0.3, -0.25) is 0 Å². The van der Waals surface area contributed by atoms with Crippen molar-refractivity contribution in [1.29, 1.82) is 0 Å². The highest BCUT2D eigenvalue weighted by atomic mass is 32.2. The van der Waals surface area contributed by atoms with E-state index in [9.17, 15) is 8.42 Å². The third-order valence-corrected chi connectivity index (χ3v) is 6.26. The lowest BCUT2D eigenvalue weighted by molar-refractivity contribution is 0.242. The highest BCUT2D eigenvalue weighted by Crippen LogP contribution is 2.30. The van der Waals surface area contributed by atoms with Gasteiger partial charge in [-0.1, -0.05) is 6.92 Å². The Labute approximate surface area is 100 Å². The molecule has 1 rings (SSSR count). The zero-order valence-electron chi connectivity index (χ0n) is 11.2. The topological polar surface area (TPSA) is 37.4 Å². The van der Waals surface area contributed by atoms with E-state index in [1.165, 1.54) is 0 Å². The lowest BCUT2D eigenvalue weighted by Crippen LogP contribution is -2.46. The second-order valence-corrected chi connectivity index (χ2v) is 8.80. The van der Waals surface area contributed by atoms with Gasteiger partial charge in [-0.2, -0.15) is 0 Å². The first-order chi connectivity index (χ1) is 7.16. The number of rotatable bonds is 2. The average Bonchev–Trinajstić information content (AvgIpc) is 2.16. The smallest absolute Gasteiger partial charge is 0.212 e. The molecule has 0 aromatic carbocycles. The summed E-state index contributed by atoms with van der Waals surface area (Å²) in [7, 11) is -1.42. The van der Waals surface area contributed by atoms with E-state index in [2.05, 4.69) is 6.92 Å². The standard InChI is InChI=1S/C12H25NO2S/c1-10-6-8-11(9-7-10)13(5)16(14,15)12(2,3)4/h10-11H,6-9H2,1-5H3/t10-,11+. The molecule has 0 N–H and O–H groups in total. The van der Waals surface area contributed by atoms with Crippen LogP contribution in [0.15, 0.2) is 0 Å². The molecule has 1 aliphatic carbocycles. The lowest BCUT2D eigenvalue weighted by Gasteiger charge is -2.36. The molecule has 0 aliphatic heterocycles. The van der Waals surface area contributed by atoms with Crippen LogP contribution >= 0.6 is 0 Å². The van der Waals surface area contributed by atoms with Crippen LogP contribution in [0.4, 0.5) is 0 Å². The van der Waals surface area contributed by atoms with Crippen LogP contribution in [0.3, 0.4) is 0 Å². The van der Waals surface area contributed by atoms with Crippen LogP contribution in [0, 0.1) is 5.92 Å². The fourth-order valence-corrected chi connectivity index (χ4v) is 3.70. The minimum absolute atomic E-state index is 0.209. The van der Waals surface area contributed by atoms with Crippen molar-refractivity contribution >= 4 is 10.0 Å².